The summed E-state index contributed by atoms with van der Waals surface area (Å²) >= 11 is 0. The average Bonchev–Trinajstić information content (AvgIpc) is 3.28. The molecule has 4 rings (SSSR count). The predicted molar refractivity (Wildman–Crippen MR) is 103 cm³/mol. The summed E-state index contributed by atoms with van der Waals surface area (Å²) < 4.78 is 87.7. The topological polar surface area (TPSA) is 35.5 Å². The molecule has 2 aromatic rings. The van der Waals surface area contributed by atoms with E-state index in [1.54, 1.807) is 6.08 Å². The predicted octanol–water partition coefficient (Wildman–Crippen LogP) is 6.11. The number of allylic oxidation sites excluding steroid dienone is 1. The Hall–Kier alpha value is -3.23. The van der Waals surface area contributed by atoms with Gasteiger partial charge in [0, 0.05) is 5.56 Å². The largest absolute Gasteiger partial charge is 0.484 e. The zero-order valence-corrected chi connectivity index (χ0v) is 16.6. The van der Waals surface area contributed by atoms with E-state index in [0.717, 1.165) is 24.3 Å². The minimum Gasteiger partial charge on any atom is -0.484 e. The van der Waals surface area contributed by atoms with Crippen LogP contribution in [0, 0.1) is 5.41 Å². The standard InChI is InChI=1S/C23H16F6O3/c1-31-20(30)21-11-15(13-2-6-16(7-3-13)22(24,25)26)10-19(21)32-18(12-21)14-4-8-17(9-5-14)23(27,28)29/h2-10,12,19H,11H2,1H3/t19-,21+/m0/s1. The molecule has 3 nitrogen and oxygen atoms in total. The van der Waals surface area contributed by atoms with Crippen LogP contribution in [0.3, 0.4) is 0 Å². The number of alkyl halides is 6. The Morgan fingerprint density at radius 3 is 1.88 bits per heavy atom. The van der Waals surface area contributed by atoms with Crippen LogP contribution in [0.4, 0.5) is 26.3 Å². The molecule has 0 saturated heterocycles. The fourth-order valence-corrected chi connectivity index (χ4v) is 3.97. The highest BCUT2D eigenvalue weighted by Gasteiger charge is 2.54. The number of fused-ring (bicyclic) bond motifs is 1. The van der Waals surface area contributed by atoms with Gasteiger partial charge in [-0.3, -0.25) is 4.79 Å². The first-order valence-corrected chi connectivity index (χ1v) is 9.48. The summed E-state index contributed by atoms with van der Waals surface area (Å²) in [7, 11) is 1.20. The van der Waals surface area contributed by atoms with Crippen LogP contribution in [-0.4, -0.2) is 19.2 Å². The number of carbonyl (C=O) groups is 1. The van der Waals surface area contributed by atoms with Gasteiger partial charge in [0.2, 0.25) is 0 Å². The number of methoxy groups -OCH3 is 1. The van der Waals surface area contributed by atoms with E-state index in [1.807, 2.05) is 0 Å². The van der Waals surface area contributed by atoms with Crippen LogP contribution in [-0.2, 0) is 26.6 Å². The van der Waals surface area contributed by atoms with Crippen molar-refractivity contribution < 1.29 is 40.6 Å². The second kappa shape index (κ2) is 7.43. The third-order valence-corrected chi connectivity index (χ3v) is 5.63. The molecule has 2 aromatic carbocycles. The molecular weight excluding hydrogens is 438 g/mol. The Morgan fingerprint density at radius 2 is 1.41 bits per heavy atom. The molecule has 0 fully saturated rings. The molecule has 1 heterocycles. The van der Waals surface area contributed by atoms with E-state index in [4.69, 9.17) is 9.47 Å². The van der Waals surface area contributed by atoms with Crippen LogP contribution in [0.2, 0.25) is 0 Å². The van der Waals surface area contributed by atoms with Crippen LogP contribution in [0.15, 0.2) is 60.7 Å². The van der Waals surface area contributed by atoms with Crippen LogP contribution >= 0.6 is 0 Å². The highest BCUT2D eigenvalue weighted by Crippen LogP contribution is 2.52. The van der Waals surface area contributed by atoms with Crippen molar-refractivity contribution in [3.63, 3.8) is 0 Å². The molecule has 0 unspecified atom stereocenters. The maximum Gasteiger partial charge on any atom is 0.416 e. The fourth-order valence-electron chi connectivity index (χ4n) is 3.97. The van der Waals surface area contributed by atoms with Crippen molar-refractivity contribution in [1.82, 2.24) is 0 Å². The van der Waals surface area contributed by atoms with Gasteiger partial charge < -0.3 is 9.47 Å². The molecule has 0 bridgehead atoms. The molecule has 168 valence electrons. The second-order valence-electron chi connectivity index (χ2n) is 7.60. The minimum absolute atomic E-state index is 0.111. The third-order valence-electron chi connectivity index (χ3n) is 5.63. The second-order valence-corrected chi connectivity index (χ2v) is 7.60. The SMILES string of the molecule is COC(=O)[C@]12C=C(c3ccc(C(F)(F)F)cc3)O[C@H]1C=C(c1ccc(C(F)(F)F)cc1)C2. The highest BCUT2D eigenvalue weighted by molar-refractivity contribution is 5.90. The zero-order chi connectivity index (χ0) is 23.3. The van der Waals surface area contributed by atoms with Crippen molar-refractivity contribution >= 4 is 17.3 Å². The van der Waals surface area contributed by atoms with E-state index in [2.05, 4.69) is 0 Å². The normalized spacial score (nSPS) is 22.7. The Balaban J connectivity index is 1.63. The lowest BCUT2D eigenvalue weighted by Gasteiger charge is -2.23. The molecule has 0 aromatic heterocycles. The van der Waals surface area contributed by atoms with E-state index in [0.29, 0.717) is 16.7 Å². The highest BCUT2D eigenvalue weighted by atomic mass is 19.4. The fraction of sp³-hybridized carbons (Fsp3) is 0.261. The molecule has 2 atom stereocenters. The van der Waals surface area contributed by atoms with Gasteiger partial charge in [-0.05, 0) is 54.0 Å². The van der Waals surface area contributed by atoms with E-state index in [-0.39, 0.29) is 12.2 Å². The molecule has 0 spiro atoms. The number of benzene rings is 2. The van der Waals surface area contributed by atoms with Gasteiger partial charge in [-0.25, -0.2) is 0 Å². The van der Waals surface area contributed by atoms with Crippen molar-refractivity contribution in [1.29, 1.82) is 0 Å². The summed E-state index contributed by atoms with van der Waals surface area (Å²) in [4.78, 5) is 12.7. The zero-order valence-electron chi connectivity index (χ0n) is 16.6. The summed E-state index contributed by atoms with van der Waals surface area (Å²) in [6, 6.07) is 8.90. The molecule has 1 aliphatic heterocycles. The van der Waals surface area contributed by atoms with Gasteiger partial charge in [0.05, 0.1) is 18.2 Å². The number of carbonyl (C=O) groups excluding carboxylic acids is 1. The summed E-state index contributed by atoms with van der Waals surface area (Å²) in [5, 5.41) is 0. The van der Waals surface area contributed by atoms with E-state index in [9.17, 15) is 31.1 Å². The van der Waals surface area contributed by atoms with Crippen LogP contribution < -0.4 is 0 Å². The van der Waals surface area contributed by atoms with Crippen LogP contribution in [0.5, 0.6) is 0 Å². The maximum atomic E-state index is 12.8. The number of ether oxygens (including phenoxy) is 2. The van der Waals surface area contributed by atoms with E-state index >= 15 is 0 Å². The lowest BCUT2D eigenvalue weighted by atomic mass is 9.82. The number of hydrogen-bond donors (Lipinski definition) is 0. The van der Waals surface area contributed by atoms with Crippen molar-refractivity contribution in [2.24, 2.45) is 5.41 Å². The first kappa shape index (κ1) is 22.0. The Labute approximate surface area is 178 Å². The van der Waals surface area contributed by atoms with Crippen molar-refractivity contribution in [3.8, 4) is 0 Å². The molecule has 0 amide bonds. The van der Waals surface area contributed by atoms with Crippen LogP contribution in [0.25, 0.3) is 11.3 Å². The number of esters is 1. The summed E-state index contributed by atoms with van der Waals surface area (Å²) in [6.45, 7) is 0. The van der Waals surface area contributed by atoms with Gasteiger partial charge in [0.25, 0.3) is 0 Å². The lowest BCUT2D eigenvalue weighted by Crippen LogP contribution is -2.35. The molecule has 0 N–H and O–H groups in total. The quantitative estimate of drug-likeness (QED) is 0.415. The van der Waals surface area contributed by atoms with Gasteiger partial charge >= 0.3 is 18.3 Å². The Kier molecular flexibility index (Phi) is 5.10. The molecule has 9 heteroatoms. The average molecular weight is 454 g/mol. The Bertz CT molecular complexity index is 1090. The number of hydrogen-bond acceptors (Lipinski definition) is 3. The molecule has 0 radical (unpaired) electrons. The smallest absolute Gasteiger partial charge is 0.416 e. The number of rotatable bonds is 3. The molecule has 2 aliphatic rings. The monoisotopic (exact) mass is 454 g/mol. The van der Waals surface area contributed by atoms with Gasteiger partial charge in [-0.1, -0.05) is 24.3 Å². The first-order chi connectivity index (χ1) is 14.9. The molecule has 0 saturated carbocycles. The Morgan fingerprint density at radius 1 is 0.906 bits per heavy atom. The van der Waals surface area contributed by atoms with Gasteiger partial charge in [-0.2, -0.15) is 26.3 Å². The van der Waals surface area contributed by atoms with Crippen LogP contribution in [0.1, 0.15) is 28.7 Å². The van der Waals surface area contributed by atoms with Gasteiger partial charge in [-0.15, -0.1) is 0 Å². The molecule has 32 heavy (non-hydrogen) atoms. The van der Waals surface area contributed by atoms with Crippen molar-refractivity contribution in [3.05, 3.63) is 82.9 Å². The van der Waals surface area contributed by atoms with E-state index < -0.39 is 41.0 Å². The molecular formula is C23H16F6O3. The van der Waals surface area contributed by atoms with E-state index in [1.165, 1.54) is 37.5 Å². The summed E-state index contributed by atoms with van der Waals surface area (Å²) in [5.41, 5.74) is -1.39. The first-order valence-electron chi connectivity index (χ1n) is 9.48. The van der Waals surface area contributed by atoms with Gasteiger partial charge in [0.15, 0.2) is 0 Å². The summed E-state index contributed by atoms with van der Waals surface area (Å²) in [6.07, 6.45) is -6.49. The van der Waals surface area contributed by atoms with Gasteiger partial charge in [0.1, 0.15) is 17.3 Å². The van der Waals surface area contributed by atoms with Crippen molar-refractivity contribution in [2.75, 3.05) is 7.11 Å². The number of halogens is 6. The van der Waals surface area contributed by atoms with Crippen molar-refractivity contribution in [2.45, 2.75) is 24.9 Å². The minimum atomic E-state index is -4.48. The summed E-state index contributed by atoms with van der Waals surface area (Å²) in [5.74, 6) is -0.376. The lowest BCUT2D eigenvalue weighted by molar-refractivity contribution is -0.151. The maximum absolute atomic E-state index is 12.8. The third kappa shape index (κ3) is 3.76. The molecule has 1 aliphatic carbocycles.